The first-order valence-electron chi connectivity index (χ1n) is 13.4. The summed E-state index contributed by atoms with van der Waals surface area (Å²) in [5.74, 6) is 2.70. The number of ether oxygens (including phenoxy) is 1. The van der Waals surface area contributed by atoms with Crippen LogP contribution < -0.4 is 15.0 Å². The quantitative estimate of drug-likeness (QED) is 0.258. The van der Waals surface area contributed by atoms with E-state index < -0.39 is 0 Å². The fourth-order valence-corrected chi connectivity index (χ4v) is 5.24. The van der Waals surface area contributed by atoms with Crippen molar-refractivity contribution in [2.75, 3.05) is 24.4 Å². The van der Waals surface area contributed by atoms with Crippen molar-refractivity contribution in [1.82, 2.24) is 15.1 Å². The Balaban J connectivity index is 1.24. The molecule has 3 heterocycles. The van der Waals surface area contributed by atoms with Gasteiger partial charge in [0, 0.05) is 59.8 Å². The molecule has 1 aliphatic rings. The maximum atomic E-state index is 13.1. The van der Waals surface area contributed by atoms with Crippen molar-refractivity contribution in [3.8, 4) is 16.9 Å². The van der Waals surface area contributed by atoms with Crippen LogP contribution in [-0.2, 0) is 12.8 Å². The molecule has 8 nitrogen and oxygen atoms in total. The Bertz CT molecular complexity index is 1710. The van der Waals surface area contributed by atoms with Crippen LogP contribution in [0.25, 0.3) is 22.0 Å². The van der Waals surface area contributed by atoms with Gasteiger partial charge in [0.05, 0.1) is 12.6 Å². The van der Waals surface area contributed by atoms with E-state index in [2.05, 4.69) is 23.5 Å². The van der Waals surface area contributed by atoms with Gasteiger partial charge in [0.1, 0.15) is 17.3 Å². The van der Waals surface area contributed by atoms with Crippen molar-refractivity contribution in [3.63, 3.8) is 0 Å². The molecular weight excluding hydrogens is 502 g/mol. The summed E-state index contributed by atoms with van der Waals surface area (Å²) in [6.07, 6.45) is 6.41. The zero-order valence-corrected chi connectivity index (χ0v) is 23.1. The molecule has 2 aromatic carbocycles. The van der Waals surface area contributed by atoms with E-state index in [9.17, 15) is 4.79 Å². The number of benzene rings is 2. The molecule has 0 spiro atoms. The van der Waals surface area contributed by atoms with Gasteiger partial charge in [-0.2, -0.15) is 0 Å². The van der Waals surface area contributed by atoms with Gasteiger partial charge in [0.25, 0.3) is 5.91 Å². The van der Waals surface area contributed by atoms with Gasteiger partial charge < -0.3 is 19.5 Å². The molecule has 0 fully saturated rings. The third-order valence-electron chi connectivity index (χ3n) is 7.66. The number of hydrogen-bond acceptors (Lipinski definition) is 7. The third-order valence-corrected chi connectivity index (χ3v) is 7.66. The first-order chi connectivity index (χ1) is 19.4. The van der Waals surface area contributed by atoms with Gasteiger partial charge in [0.2, 0.25) is 0 Å². The first kappa shape index (κ1) is 25.6. The lowest BCUT2D eigenvalue weighted by Crippen LogP contribution is -2.18. The molecule has 1 aliphatic carbocycles. The zero-order valence-electron chi connectivity index (χ0n) is 23.1. The van der Waals surface area contributed by atoms with Crippen LogP contribution in [0.2, 0.25) is 0 Å². The summed E-state index contributed by atoms with van der Waals surface area (Å²) < 4.78 is 10.7. The number of anilines is 3. The van der Waals surface area contributed by atoms with Gasteiger partial charge in [-0.1, -0.05) is 18.1 Å². The number of hydrogen-bond donors (Lipinski definition) is 1. The summed E-state index contributed by atoms with van der Waals surface area (Å²) in [5.41, 5.74) is 6.88. The third kappa shape index (κ3) is 4.88. The van der Waals surface area contributed by atoms with Crippen LogP contribution in [0.5, 0.6) is 5.75 Å². The van der Waals surface area contributed by atoms with E-state index in [0.717, 1.165) is 75.4 Å². The molecule has 8 heteroatoms. The Morgan fingerprint density at radius 1 is 1.07 bits per heavy atom. The fraction of sp³-hybridized carbons (Fsp3) is 0.250. The maximum Gasteiger partial charge on any atom is 0.278 e. The number of pyridine rings is 2. The van der Waals surface area contributed by atoms with E-state index >= 15 is 0 Å². The van der Waals surface area contributed by atoms with Gasteiger partial charge in [-0.3, -0.25) is 9.78 Å². The lowest BCUT2D eigenvalue weighted by Gasteiger charge is -2.19. The zero-order chi connectivity index (χ0) is 27.8. The van der Waals surface area contributed by atoms with Crippen molar-refractivity contribution in [2.45, 2.75) is 33.1 Å². The minimum absolute atomic E-state index is 0.247. The molecule has 0 saturated carbocycles. The largest absolute Gasteiger partial charge is 0.497 e. The SMILES string of the molecule is COc1ccc(N(C)c2cc3ncc(-c4cc(NC(=O)c5noc6c5CC(C)CC6)ccc4C)cc3cn2)cc1. The van der Waals surface area contributed by atoms with E-state index in [0.29, 0.717) is 17.3 Å². The number of carbonyl (C=O) groups is 1. The van der Waals surface area contributed by atoms with Gasteiger partial charge >= 0.3 is 0 Å². The Hall–Kier alpha value is -4.72. The summed E-state index contributed by atoms with van der Waals surface area (Å²) in [4.78, 5) is 24.6. The molecule has 1 unspecified atom stereocenters. The molecule has 1 amide bonds. The summed E-state index contributed by atoms with van der Waals surface area (Å²) in [5, 5.41) is 8.04. The van der Waals surface area contributed by atoms with Crippen LogP contribution in [0.4, 0.5) is 17.2 Å². The summed E-state index contributed by atoms with van der Waals surface area (Å²) in [6.45, 7) is 4.24. The van der Waals surface area contributed by atoms with Gasteiger partial charge in [-0.15, -0.1) is 0 Å². The van der Waals surface area contributed by atoms with E-state index in [1.54, 1.807) is 7.11 Å². The number of aromatic nitrogens is 3. The minimum Gasteiger partial charge on any atom is -0.497 e. The highest BCUT2D eigenvalue weighted by atomic mass is 16.5. The number of nitrogens with one attached hydrogen (secondary N) is 1. The van der Waals surface area contributed by atoms with Crippen LogP contribution >= 0.6 is 0 Å². The average Bonchev–Trinajstić information content (AvgIpc) is 3.40. The molecule has 1 N–H and O–H groups in total. The van der Waals surface area contributed by atoms with E-state index in [-0.39, 0.29) is 5.91 Å². The highest BCUT2D eigenvalue weighted by Crippen LogP contribution is 2.32. The lowest BCUT2D eigenvalue weighted by atomic mass is 9.88. The average molecular weight is 534 g/mol. The highest BCUT2D eigenvalue weighted by molar-refractivity contribution is 6.04. The normalized spacial score (nSPS) is 14.6. The number of aryl methyl sites for hydroxylation is 2. The molecule has 0 radical (unpaired) electrons. The Labute approximate surface area is 233 Å². The molecule has 5 aromatic rings. The van der Waals surface area contributed by atoms with Crippen LogP contribution in [-0.4, -0.2) is 35.2 Å². The topological polar surface area (TPSA) is 93.4 Å². The molecule has 1 atom stereocenters. The number of methoxy groups -OCH3 is 1. The summed E-state index contributed by atoms with van der Waals surface area (Å²) >= 11 is 0. The maximum absolute atomic E-state index is 13.1. The molecule has 40 heavy (non-hydrogen) atoms. The second-order valence-corrected chi connectivity index (χ2v) is 10.5. The summed E-state index contributed by atoms with van der Waals surface area (Å²) in [7, 11) is 3.63. The fourth-order valence-electron chi connectivity index (χ4n) is 5.24. The Morgan fingerprint density at radius 3 is 2.70 bits per heavy atom. The van der Waals surface area contributed by atoms with E-state index in [4.69, 9.17) is 19.2 Å². The van der Waals surface area contributed by atoms with Crippen molar-refractivity contribution >= 4 is 34.0 Å². The molecule has 3 aromatic heterocycles. The molecule has 6 rings (SSSR count). The first-order valence-corrected chi connectivity index (χ1v) is 13.4. The predicted octanol–water partition coefficient (Wildman–Crippen LogP) is 6.75. The number of nitrogens with zero attached hydrogens (tertiary/aromatic N) is 4. The second-order valence-electron chi connectivity index (χ2n) is 10.5. The smallest absolute Gasteiger partial charge is 0.278 e. The number of amides is 1. The standard InChI is InChI=1S/C32H31N5O3/c1-19-5-12-29-27(13-19)31(36-40-29)32(38)35-23-7-6-20(2)26(15-23)21-14-22-18-34-30(16-28(22)33-17-21)37(3)24-8-10-25(39-4)11-9-24/h6-11,14-19H,5,12-13H2,1-4H3,(H,35,38). The predicted molar refractivity (Wildman–Crippen MR) is 156 cm³/mol. The highest BCUT2D eigenvalue weighted by Gasteiger charge is 2.27. The monoisotopic (exact) mass is 533 g/mol. The van der Waals surface area contributed by atoms with Gasteiger partial charge in [0.15, 0.2) is 5.69 Å². The van der Waals surface area contributed by atoms with E-state index in [1.165, 1.54) is 0 Å². The molecule has 0 saturated heterocycles. The minimum atomic E-state index is -0.247. The van der Waals surface area contributed by atoms with Gasteiger partial charge in [-0.05, 0) is 79.3 Å². The van der Waals surface area contributed by atoms with E-state index in [1.807, 2.05) is 79.8 Å². The number of carbonyl (C=O) groups excluding carboxylic acids is 1. The van der Waals surface area contributed by atoms with Crippen molar-refractivity contribution in [3.05, 3.63) is 89.6 Å². The summed E-state index contributed by atoms with van der Waals surface area (Å²) in [6, 6.07) is 17.8. The lowest BCUT2D eigenvalue weighted by molar-refractivity contribution is 0.101. The van der Waals surface area contributed by atoms with Crippen molar-refractivity contribution < 1.29 is 14.1 Å². The van der Waals surface area contributed by atoms with Gasteiger partial charge in [-0.25, -0.2) is 4.98 Å². The number of fused-ring (bicyclic) bond motifs is 2. The van der Waals surface area contributed by atoms with Crippen LogP contribution in [0, 0.1) is 12.8 Å². The molecule has 0 aliphatic heterocycles. The van der Waals surface area contributed by atoms with Crippen LogP contribution in [0.15, 0.2) is 71.5 Å². The Kier molecular flexibility index (Phi) is 6.67. The van der Waals surface area contributed by atoms with Crippen molar-refractivity contribution in [1.29, 1.82) is 0 Å². The van der Waals surface area contributed by atoms with Crippen molar-refractivity contribution in [2.24, 2.45) is 5.92 Å². The molecule has 0 bridgehead atoms. The van der Waals surface area contributed by atoms with Crippen LogP contribution in [0.3, 0.4) is 0 Å². The molecule has 202 valence electrons. The van der Waals surface area contributed by atoms with Crippen LogP contribution in [0.1, 0.15) is 40.7 Å². The Morgan fingerprint density at radius 2 is 1.90 bits per heavy atom. The molecular formula is C32H31N5O3. The number of rotatable bonds is 6. The second kappa shape index (κ2) is 10.4.